The summed E-state index contributed by atoms with van der Waals surface area (Å²) in [5.41, 5.74) is 4.14. The highest BCUT2D eigenvalue weighted by atomic mass is 16.5. The molecule has 0 aromatic heterocycles. The molecule has 1 atom stereocenters. The van der Waals surface area contributed by atoms with Crippen LogP contribution in [0.25, 0.3) is 0 Å². The Kier molecular flexibility index (Phi) is 5.11. The molecule has 0 spiro atoms. The lowest BCUT2D eigenvalue weighted by molar-refractivity contribution is -0.145. The lowest BCUT2D eigenvalue weighted by atomic mass is 9.76. The highest BCUT2D eigenvalue weighted by Gasteiger charge is 2.40. The number of benzene rings is 2. The maximum Gasteiger partial charge on any atom is 0.313 e. The number of amides is 1. The van der Waals surface area contributed by atoms with Gasteiger partial charge >= 0.3 is 5.97 Å². The molecule has 1 unspecified atom stereocenters. The topological polar surface area (TPSA) is 144 Å². The summed E-state index contributed by atoms with van der Waals surface area (Å²) in [4.78, 5) is 50.9. The Labute approximate surface area is 165 Å². The van der Waals surface area contributed by atoms with E-state index < -0.39 is 40.9 Å². The van der Waals surface area contributed by atoms with Gasteiger partial charge in [-0.3, -0.25) is 19.2 Å². The van der Waals surface area contributed by atoms with Crippen LogP contribution in [0.3, 0.4) is 0 Å². The van der Waals surface area contributed by atoms with Gasteiger partial charge in [-0.15, -0.1) is 0 Å². The van der Waals surface area contributed by atoms with Crippen molar-refractivity contribution in [3.63, 3.8) is 0 Å². The van der Waals surface area contributed by atoms with Gasteiger partial charge in [0.15, 0.2) is 5.78 Å². The summed E-state index contributed by atoms with van der Waals surface area (Å²) in [6.45, 7) is 3.34. The fraction of sp³-hybridized carbons (Fsp3) is 0.238. The molecule has 0 saturated heterocycles. The highest BCUT2D eigenvalue weighted by Crippen LogP contribution is 2.42. The molecule has 1 amide bonds. The highest BCUT2D eigenvalue weighted by molar-refractivity contribution is 6.31. The summed E-state index contributed by atoms with van der Waals surface area (Å²) in [7, 11) is 0. The number of ketones is 2. The minimum Gasteiger partial charge on any atom is -0.507 e. The van der Waals surface area contributed by atoms with Crippen molar-refractivity contribution in [2.24, 2.45) is 5.73 Å². The number of carbonyl (C=O) groups excluding carboxylic acids is 4. The maximum absolute atomic E-state index is 13.3. The van der Waals surface area contributed by atoms with Crippen LogP contribution in [0.2, 0.25) is 0 Å². The SMILES string of the molecule is CCOC(=O)C(CC)c1c(C(N)=O)cc(O)c2c1C(=O)c1cccc(O)c1C2=O. The number of hydrogen-bond donors (Lipinski definition) is 3. The molecular formula is C21H19NO7. The van der Waals surface area contributed by atoms with Crippen molar-refractivity contribution >= 4 is 23.4 Å². The van der Waals surface area contributed by atoms with Crippen molar-refractivity contribution in [2.45, 2.75) is 26.2 Å². The van der Waals surface area contributed by atoms with E-state index in [0.29, 0.717) is 0 Å². The molecule has 0 saturated carbocycles. The minimum atomic E-state index is -1.05. The van der Waals surface area contributed by atoms with Crippen LogP contribution in [0.1, 0.15) is 74.0 Å². The summed E-state index contributed by atoms with van der Waals surface area (Å²) in [6.07, 6.45) is 0.157. The van der Waals surface area contributed by atoms with Crippen LogP contribution in [0.4, 0.5) is 0 Å². The van der Waals surface area contributed by atoms with Crippen LogP contribution in [0.15, 0.2) is 24.3 Å². The number of fused-ring (bicyclic) bond motifs is 2. The largest absolute Gasteiger partial charge is 0.507 e. The first-order chi connectivity index (χ1) is 13.7. The molecule has 0 bridgehead atoms. The van der Waals surface area contributed by atoms with Crippen LogP contribution >= 0.6 is 0 Å². The van der Waals surface area contributed by atoms with E-state index >= 15 is 0 Å². The van der Waals surface area contributed by atoms with Gasteiger partial charge in [0.05, 0.1) is 23.7 Å². The molecule has 4 N–H and O–H groups in total. The third-order valence-corrected chi connectivity index (χ3v) is 4.91. The maximum atomic E-state index is 13.3. The summed E-state index contributed by atoms with van der Waals surface area (Å²) in [5, 5.41) is 20.5. The van der Waals surface area contributed by atoms with E-state index in [0.717, 1.165) is 6.07 Å². The number of nitrogens with two attached hydrogens (primary N) is 1. The Morgan fingerprint density at radius 1 is 1.03 bits per heavy atom. The van der Waals surface area contributed by atoms with E-state index in [1.165, 1.54) is 18.2 Å². The number of primary amides is 1. The van der Waals surface area contributed by atoms with Crippen LogP contribution in [0, 0.1) is 0 Å². The van der Waals surface area contributed by atoms with Crippen molar-refractivity contribution in [1.82, 2.24) is 0 Å². The molecule has 0 radical (unpaired) electrons. The molecule has 8 nitrogen and oxygen atoms in total. The number of carbonyl (C=O) groups is 4. The van der Waals surface area contributed by atoms with E-state index in [1.807, 2.05) is 0 Å². The summed E-state index contributed by atoms with van der Waals surface area (Å²) < 4.78 is 5.07. The van der Waals surface area contributed by atoms with Gasteiger partial charge in [0.25, 0.3) is 0 Å². The van der Waals surface area contributed by atoms with Crippen LogP contribution in [0.5, 0.6) is 11.5 Å². The van der Waals surface area contributed by atoms with E-state index in [1.54, 1.807) is 13.8 Å². The quantitative estimate of drug-likeness (QED) is 0.559. The minimum absolute atomic E-state index is 0.0569. The lowest BCUT2D eigenvalue weighted by Crippen LogP contribution is -2.29. The van der Waals surface area contributed by atoms with E-state index in [-0.39, 0.29) is 46.4 Å². The summed E-state index contributed by atoms with van der Waals surface area (Å²) >= 11 is 0. The molecule has 0 fully saturated rings. The third kappa shape index (κ3) is 3.02. The van der Waals surface area contributed by atoms with E-state index in [9.17, 15) is 29.4 Å². The van der Waals surface area contributed by atoms with Gasteiger partial charge in [0.2, 0.25) is 11.7 Å². The average Bonchev–Trinajstić information content (AvgIpc) is 2.67. The Hall–Kier alpha value is -3.68. The van der Waals surface area contributed by atoms with Crippen LogP contribution < -0.4 is 5.73 Å². The monoisotopic (exact) mass is 397 g/mol. The molecule has 0 heterocycles. The fourth-order valence-electron chi connectivity index (χ4n) is 3.67. The van der Waals surface area contributed by atoms with Crippen molar-refractivity contribution in [3.05, 3.63) is 57.6 Å². The summed E-state index contributed by atoms with van der Waals surface area (Å²) in [5.74, 6) is -5.26. The fourth-order valence-corrected chi connectivity index (χ4v) is 3.67. The number of phenolic OH excluding ortho intramolecular Hbond substituents is 2. The molecule has 0 aliphatic heterocycles. The Bertz CT molecular complexity index is 1070. The van der Waals surface area contributed by atoms with Crippen molar-refractivity contribution < 1.29 is 34.1 Å². The van der Waals surface area contributed by atoms with Gasteiger partial charge in [-0.25, -0.2) is 0 Å². The predicted octanol–water partition coefficient (Wildman–Crippen LogP) is 2.03. The number of rotatable bonds is 5. The Morgan fingerprint density at radius 2 is 1.72 bits per heavy atom. The van der Waals surface area contributed by atoms with Gasteiger partial charge in [-0.05, 0) is 31.0 Å². The average molecular weight is 397 g/mol. The van der Waals surface area contributed by atoms with Crippen LogP contribution in [-0.2, 0) is 9.53 Å². The van der Waals surface area contributed by atoms with Gasteiger partial charge in [-0.1, -0.05) is 19.1 Å². The third-order valence-electron chi connectivity index (χ3n) is 4.91. The first-order valence-electron chi connectivity index (χ1n) is 9.02. The lowest BCUT2D eigenvalue weighted by Gasteiger charge is -2.26. The normalized spacial score (nSPS) is 13.4. The van der Waals surface area contributed by atoms with Crippen molar-refractivity contribution in [3.8, 4) is 11.5 Å². The second kappa shape index (κ2) is 7.38. The van der Waals surface area contributed by atoms with Gasteiger partial charge in [0, 0.05) is 16.7 Å². The molecular weight excluding hydrogens is 378 g/mol. The number of ether oxygens (including phenoxy) is 1. The van der Waals surface area contributed by atoms with E-state index in [4.69, 9.17) is 10.5 Å². The molecule has 3 rings (SSSR count). The van der Waals surface area contributed by atoms with Gasteiger partial charge in [-0.2, -0.15) is 0 Å². The Balaban J connectivity index is 2.42. The number of phenols is 2. The Morgan fingerprint density at radius 3 is 2.31 bits per heavy atom. The first kappa shape index (κ1) is 20.1. The molecule has 2 aromatic carbocycles. The zero-order valence-corrected chi connectivity index (χ0v) is 15.8. The molecule has 150 valence electrons. The zero-order chi connectivity index (χ0) is 21.5. The number of esters is 1. The molecule has 1 aliphatic carbocycles. The first-order valence-corrected chi connectivity index (χ1v) is 9.02. The smallest absolute Gasteiger partial charge is 0.313 e. The molecule has 2 aromatic rings. The number of hydrogen-bond acceptors (Lipinski definition) is 7. The predicted molar refractivity (Wildman–Crippen MR) is 101 cm³/mol. The zero-order valence-electron chi connectivity index (χ0n) is 15.8. The molecule has 8 heteroatoms. The van der Waals surface area contributed by atoms with Crippen molar-refractivity contribution in [2.75, 3.05) is 6.61 Å². The molecule has 1 aliphatic rings. The second-order valence-electron chi connectivity index (χ2n) is 6.54. The molecule has 29 heavy (non-hydrogen) atoms. The standard InChI is InChI=1S/C21H19NO7/c1-3-9(21(28)29-4-2)14-11(20(22)27)8-13(24)16-17(14)18(25)10-6-5-7-12(23)15(10)19(16)26/h5-9,23-24H,3-4H2,1-2H3,(H2,22,27). The number of aromatic hydroxyl groups is 2. The van der Waals surface area contributed by atoms with Gasteiger partial charge in [0.1, 0.15) is 11.5 Å². The second-order valence-corrected chi connectivity index (χ2v) is 6.54. The van der Waals surface area contributed by atoms with E-state index in [2.05, 4.69) is 0 Å². The summed E-state index contributed by atoms with van der Waals surface area (Å²) in [6, 6.07) is 4.96. The van der Waals surface area contributed by atoms with Crippen LogP contribution in [-0.4, -0.2) is 40.3 Å². The van der Waals surface area contributed by atoms with Gasteiger partial charge < -0.3 is 20.7 Å². The van der Waals surface area contributed by atoms with Crippen molar-refractivity contribution in [1.29, 1.82) is 0 Å².